The van der Waals surface area contributed by atoms with E-state index < -0.39 is 12.2 Å². The molecule has 5 heterocycles. The number of hydrogen-bond acceptors (Lipinski definition) is 7. The summed E-state index contributed by atoms with van der Waals surface area (Å²) >= 11 is 0. The maximum Gasteiger partial charge on any atom is 0.410 e. The molecule has 2 aromatic carbocycles. The summed E-state index contributed by atoms with van der Waals surface area (Å²) in [4.78, 5) is 64.3. The standard InChI is InChI=1S/C38H52N8O5/c1-26-23-27(24-32-34(26)42(4)37(49)41(32)3)25-33(35(47)44-14-10-29(11-15-44)43-21-19-40(2)20-22-43)51-38(50)45-16-12-30(13-17-45)46-18-9-28-7-5-6-8-31(28)39-36(46)48/h5-8,23-24,29-30,33H,9-22,25H2,1-4H3,(H,39,48)/t33-/m1/s1. The summed E-state index contributed by atoms with van der Waals surface area (Å²) < 4.78 is 9.41. The zero-order chi connectivity index (χ0) is 35.8. The van der Waals surface area contributed by atoms with Crippen LogP contribution < -0.4 is 11.0 Å². The van der Waals surface area contributed by atoms with Gasteiger partial charge in [-0.1, -0.05) is 24.3 Å². The van der Waals surface area contributed by atoms with E-state index in [1.165, 1.54) is 0 Å². The van der Waals surface area contributed by atoms with E-state index in [1.54, 1.807) is 28.1 Å². The number of nitrogens with one attached hydrogen (secondary N) is 1. The molecule has 1 aromatic heterocycles. The number of carbonyl (C=O) groups is 3. The van der Waals surface area contributed by atoms with E-state index in [-0.39, 0.29) is 30.1 Å². The van der Waals surface area contributed by atoms with Gasteiger partial charge >= 0.3 is 17.8 Å². The Hall–Kier alpha value is -4.36. The number of imidazole rings is 1. The van der Waals surface area contributed by atoms with E-state index >= 15 is 0 Å². The van der Waals surface area contributed by atoms with Gasteiger partial charge in [0.25, 0.3) is 5.91 Å². The number of piperazine rings is 1. The van der Waals surface area contributed by atoms with E-state index in [4.69, 9.17) is 4.74 Å². The molecular weight excluding hydrogens is 648 g/mol. The number of urea groups is 1. The second-order valence-corrected chi connectivity index (χ2v) is 14.9. The minimum atomic E-state index is -0.997. The minimum Gasteiger partial charge on any atom is -0.436 e. The molecule has 1 N–H and O–H groups in total. The van der Waals surface area contributed by atoms with Crippen molar-refractivity contribution in [3.63, 3.8) is 0 Å². The fourth-order valence-corrected chi connectivity index (χ4v) is 8.60. The van der Waals surface area contributed by atoms with Crippen LogP contribution in [0.4, 0.5) is 15.3 Å². The fraction of sp³-hybridized carbons (Fsp3) is 0.579. The summed E-state index contributed by atoms with van der Waals surface area (Å²) in [6.45, 7) is 8.93. The molecule has 0 bridgehead atoms. The molecule has 4 aliphatic heterocycles. The molecule has 3 saturated heterocycles. The lowest BCUT2D eigenvalue weighted by Gasteiger charge is -2.42. The number of ether oxygens (including phenoxy) is 1. The summed E-state index contributed by atoms with van der Waals surface area (Å²) in [5, 5.41) is 3.06. The molecule has 13 nitrogen and oxygen atoms in total. The van der Waals surface area contributed by atoms with Crippen molar-refractivity contribution in [3.05, 3.63) is 63.6 Å². The summed E-state index contributed by atoms with van der Waals surface area (Å²) in [6.07, 6.45) is 2.56. The van der Waals surface area contributed by atoms with Crippen LogP contribution in [0.15, 0.2) is 41.2 Å². The van der Waals surface area contributed by atoms with Gasteiger partial charge in [-0.25, -0.2) is 14.4 Å². The predicted molar refractivity (Wildman–Crippen MR) is 196 cm³/mol. The number of likely N-dealkylation sites (N-methyl/N-ethyl adjacent to an activating group) is 1. The van der Waals surface area contributed by atoms with Crippen molar-refractivity contribution in [3.8, 4) is 0 Å². The van der Waals surface area contributed by atoms with Crippen LogP contribution in [-0.4, -0.2) is 136 Å². The van der Waals surface area contributed by atoms with Crippen molar-refractivity contribution in [2.24, 2.45) is 14.1 Å². The number of carbonyl (C=O) groups excluding carboxylic acids is 3. The van der Waals surface area contributed by atoms with Gasteiger partial charge < -0.3 is 29.7 Å². The van der Waals surface area contributed by atoms with Gasteiger partial charge in [-0.2, -0.15) is 0 Å². The molecule has 1 atom stereocenters. The Bertz CT molecular complexity index is 1830. The first-order valence-corrected chi connectivity index (χ1v) is 18.5. The van der Waals surface area contributed by atoms with Gasteiger partial charge in [-0.15, -0.1) is 0 Å². The molecule has 3 aromatic rings. The Morgan fingerprint density at radius 1 is 0.824 bits per heavy atom. The molecule has 0 spiro atoms. The van der Waals surface area contributed by atoms with Crippen molar-refractivity contribution < 1.29 is 19.1 Å². The number of aryl methyl sites for hydroxylation is 3. The summed E-state index contributed by atoms with van der Waals surface area (Å²) in [5.74, 6) is -0.171. The highest BCUT2D eigenvalue weighted by Crippen LogP contribution is 2.27. The molecule has 51 heavy (non-hydrogen) atoms. The Balaban J connectivity index is 1.03. The number of hydrogen-bond donors (Lipinski definition) is 1. The van der Waals surface area contributed by atoms with Crippen molar-refractivity contribution in [1.82, 2.24) is 33.6 Å². The molecule has 0 radical (unpaired) electrons. The zero-order valence-electron chi connectivity index (χ0n) is 30.5. The maximum absolute atomic E-state index is 14.2. The van der Waals surface area contributed by atoms with Gasteiger partial charge in [-0.05, 0) is 74.9 Å². The Kier molecular flexibility index (Phi) is 10.1. The number of amides is 4. The molecule has 4 aliphatic rings. The molecule has 0 unspecified atom stereocenters. The Morgan fingerprint density at radius 3 is 2.22 bits per heavy atom. The van der Waals surface area contributed by atoms with Gasteiger partial charge in [-0.3, -0.25) is 18.8 Å². The van der Waals surface area contributed by atoms with E-state index in [2.05, 4.69) is 22.2 Å². The maximum atomic E-state index is 14.2. The first-order valence-electron chi connectivity index (χ1n) is 18.5. The molecular formula is C38H52N8O5. The number of aromatic nitrogens is 2. The van der Waals surface area contributed by atoms with Gasteiger partial charge in [0.1, 0.15) is 0 Å². The quantitative estimate of drug-likeness (QED) is 0.421. The topological polar surface area (TPSA) is 116 Å². The first-order chi connectivity index (χ1) is 24.6. The number of anilines is 1. The fourth-order valence-electron chi connectivity index (χ4n) is 8.60. The van der Waals surface area contributed by atoms with Gasteiger partial charge in [0.2, 0.25) is 0 Å². The highest BCUT2D eigenvalue weighted by Gasteiger charge is 2.36. The molecule has 274 valence electrons. The van der Waals surface area contributed by atoms with Crippen LogP contribution in [0.2, 0.25) is 0 Å². The van der Waals surface area contributed by atoms with Gasteiger partial charge in [0, 0.05) is 97.2 Å². The van der Waals surface area contributed by atoms with Crippen LogP contribution in [0.1, 0.15) is 42.4 Å². The minimum absolute atomic E-state index is 0.00890. The number of nitrogens with zero attached hydrogens (tertiary/aromatic N) is 7. The monoisotopic (exact) mass is 700 g/mol. The number of rotatable bonds is 6. The summed E-state index contributed by atoms with van der Waals surface area (Å²) in [5.41, 5.74) is 5.26. The van der Waals surface area contributed by atoms with Crippen LogP contribution in [0, 0.1) is 6.92 Å². The third-order valence-corrected chi connectivity index (χ3v) is 11.7. The normalized spacial score (nSPS) is 20.6. The van der Waals surface area contributed by atoms with Gasteiger partial charge in [0.15, 0.2) is 6.10 Å². The lowest BCUT2D eigenvalue weighted by atomic mass is 9.99. The number of benzene rings is 2. The summed E-state index contributed by atoms with van der Waals surface area (Å²) in [7, 11) is 5.67. The first kappa shape index (κ1) is 35.1. The molecule has 3 fully saturated rings. The second-order valence-electron chi connectivity index (χ2n) is 14.9. The van der Waals surface area contributed by atoms with Crippen molar-refractivity contribution in [2.75, 3.05) is 71.3 Å². The predicted octanol–water partition coefficient (Wildman–Crippen LogP) is 3.03. The Labute approximate surface area is 299 Å². The molecule has 7 rings (SSSR count). The second kappa shape index (κ2) is 14.7. The van der Waals surface area contributed by atoms with Crippen LogP contribution in [-0.2, 0) is 36.5 Å². The van der Waals surface area contributed by atoms with Crippen molar-refractivity contribution in [1.29, 1.82) is 0 Å². The third kappa shape index (κ3) is 7.23. The van der Waals surface area contributed by atoms with Crippen molar-refractivity contribution in [2.45, 2.75) is 63.6 Å². The summed E-state index contributed by atoms with van der Waals surface area (Å²) in [6, 6.07) is 12.2. The van der Waals surface area contributed by atoms with Crippen LogP contribution in [0.5, 0.6) is 0 Å². The lowest BCUT2D eigenvalue weighted by molar-refractivity contribution is -0.142. The van der Waals surface area contributed by atoms with Crippen LogP contribution in [0.3, 0.4) is 0 Å². The van der Waals surface area contributed by atoms with Crippen LogP contribution in [0.25, 0.3) is 11.0 Å². The zero-order valence-corrected chi connectivity index (χ0v) is 30.5. The van der Waals surface area contributed by atoms with E-state index in [1.807, 2.05) is 53.1 Å². The molecule has 0 saturated carbocycles. The number of likely N-dealkylation sites (tertiary alicyclic amines) is 2. The Morgan fingerprint density at radius 2 is 1.49 bits per heavy atom. The third-order valence-electron chi connectivity index (χ3n) is 11.7. The van der Waals surface area contributed by atoms with Crippen molar-refractivity contribution >= 4 is 34.8 Å². The molecule has 13 heteroatoms. The van der Waals surface area contributed by atoms with E-state index in [0.29, 0.717) is 51.6 Å². The smallest absolute Gasteiger partial charge is 0.410 e. The van der Waals surface area contributed by atoms with E-state index in [9.17, 15) is 19.2 Å². The highest BCUT2D eigenvalue weighted by molar-refractivity contribution is 5.91. The average molecular weight is 701 g/mol. The molecule has 4 amide bonds. The largest absolute Gasteiger partial charge is 0.436 e. The van der Waals surface area contributed by atoms with Gasteiger partial charge in [0.05, 0.1) is 11.0 Å². The van der Waals surface area contributed by atoms with Crippen LogP contribution >= 0.6 is 0 Å². The number of fused-ring (bicyclic) bond motifs is 2. The highest BCUT2D eigenvalue weighted by atomic mass is 16.6. The van der Waals surface area contributed by atoms with E-state index in [0.717, 1.165) is 78.9 Å². The number of piperidine rings is 2. The SMILES string of the molecule is Cc1cc(C[C@@H](OC(=O)N2CCC(N3CCc4ccccc4NC3=O)CC2)C(=O)N2CCC(N3CCN(C)CC3)CC2)cc2c1n(C)c(=O)n2C. The molecule has 0 aliphatic carbocycles. The number of para-hydroxylation sites is 1. The average Bonchev–Trinajstić information content (AvgIpc) is 3.25. The lowest BCUT2D eigenvalue weighted by Crippen LogP contribution is -2.54.